The third-order valence-electron chi connectivity index (χ3n) is 4.94. The first-order valence-electron chi connectivity index (χ1n) is 10.2. The third kappa shape index (κ3) is 5.89. The predicted octanol–water partition coefficient (Wildman–Crippen LogP) is 4.36. The minimum absolute atomic E-state index is 0.0896. The number of amides is 2. The number of allylic oxidation sites excluding steroid dienone is 1. The number of nitriles is 1. The molecule has 0 aromatic heterocycles. The fraction of sp³-hybridized carbons (Fsp3) is 0.292. The van der Waals surface area contributed by atoms with Crippen molar-refractivity contribution in [2.45, 2.75) is 32.6 Å². The highest BCUT2D eigenvalue weighted by Crippen LogP contribution is 2.36. The monoisotopic (exact) mass is 435 g/mol. The zero-order valence-electron chi connectivity index (χ0n) is 17.6. The summed E-state index contributed by atoms with van der Waals surface area (Å²) in [6.07, 6.45) is 1.13. The van der Waals surface area contributed by atoms with Crippen molar-refractivity contribution in [1.82, 2.24) is 5.32 Å². The molecule has 0 radical (unpaired) electrons. The Hall–Kier alpha value is -3.24. The summed E-state index contributed by atoms with van der Waals surface area (Å²) in [4.78, 5) is 24.7. The van der Waals surface area contributed by atoms with Gasteiger partial charge in [0.1, 0.15) is 5.75 Å². The molecule has 31 heavy (non-hydrogen) atoms. The Morgan fingerprint density at radius 1 is 1.19 bits per heavy atom. The van der Waals surface area contributed by atoms with Crippen LogP contribution >= 0.6 is 11.8 Å². The minimum atomic E-state index is -0.346. The second kappa shape index (κ2) is 10.7. The summed E-state index contributed by atoms with van der Waals surface area (Å²) in [5.41, 5.74) is 3.25. The number of benzene rings is 2. The maximum absolute atomic E-state index is 12.4. The molecule has 1 aliphatic heterocycles. The van der Waals surface area contributed by atoms with Gasteiger partial charge in [-0.2, -0.15) is 5.26 Å². The number of carbonyl (C=O) groups is 2. The summed E-state index contributed by atoms with van der Waals surface area (Å²) in [5.74, 6) is 0.119. The van der Waals surface area contributed by atoms with Crippen molar-refractivity contribution in [3.63, 3.8) is 0 Å². The Bertz CT molecular complexity index is 1010. The lowest BCUT2D eigenvalue weighted by Crippen LogP contribution is -2.31. The molecule has 2 N–H and O–H groups in total. The third-order valence-corrected chi connectivity index (χ3v) is 5.96. The fourth-order valence-corrected chi connectivity index (χ4v) is 4.22. The topological polar surface area (TPSA) is 91.2 Å². The van der Waals surface area contributed by atoms with Crippen LogP contribution in [-0.2, 0) is 16.0 Å². The Morgan fingerprint density at radius 3 is 2.52 bits per heavy atom. The number of anilines is 1. The van der Waals surface area contributed by atoms with E-state index in [2.05, 4.69) is 23.6 Å². The highest BCUT2D eigenvalue weighted by atomic mass is 32.2. The molecule has 0 saturated carbocycles. The number of nitrogens with one attached hydrogen (secondary N) is 2. The average Bonchev–Trinajstić information content (AvgIpc) is 2.78. The highest BCUT2D eigenvalue weighted by molar-refractivity contribution is 8.03. The van der Waals surface area contributed by atoms with Crippen molar-refractivity contribution in [3.8, 4) is 11.8 Å². The van der Waals surface area contributed by atoms with Crippen molar-refractivity contribution in [2.24, 2.45) is 0 Å². The first-order valence-corrected chi connectivity index (χ1v) is 11.2. The SMILES string of the molecule is CCOc1ccc([C@H]2CC(=O)NC(SCC(=O)Nc3ccc(CC)cc3)=C2C#N)cc1. The van der Waals surface area contributed by atoms with Gasteiger partial charge in [-0.3, -0.25) is 9.59 Å². The number of aryl methyl sites for hydroxylation is 1. The van der Waals surface area contributed by atoms with E-state index in [0.29, 0.717) is 17.2 Å². The second-order valence-electron chi connectivity index (χ2n) is 7.05. The molecule has 1 heterocycles. The van der Waals surface area contributed by atoms with E-state index in [1.165, 1.54) is 17.3 Å². The largest absolute Gasteiger partial charge is 0.494 e. The minimum Gasteiger partial charge on any atom is -0.494 e. The van der Waals surface area contributed by atoms with Gasteiger partial charge in [0.25, 0.3) is 0 Å². The highest BCUT2D eigenvalue weighted by Gasteiger charge is 2.29. The van der Waals surface area contributed by atoms with E-state index < -0.39 is 0 Å². The standard InChI is InChI=1S/C24H25N3O3S/c1-3-16-5-9-18(10-6-16)26-23(29)15-31-24-21(14-25)20(13-22(28)27-24)17-7-11-19(12-8-17)30-4-2/h5-12,20H,3-4,13,15H2,1-2H3,(H,26,29)(H,27,28)/t20-/m1/s1. The molecule has 2 amide bonds. The van der Waals surface area contributed by atoms with E-state index in [1.54, 1.807) is 0 Å². The molecule has 0 saturated heterocycles. The van der Waals surface area contributed by atoms with Crippen molar-refractivity contribution >= 4 is 29.3 Å². The lowest BCUT2D eigenvalue weighted by Gasteiger charge is -2.25. The van der Waals surface area contributed by atoms with Crippen LogP contribution in [0.2, 0.25) is 0 Å². The Labute approximate surface area is 186 Å². The van der Waals surface area contributed by atoms with Gasteiger partial charge in [0.05, 0.1) is 29.0 Å². The van der Waals surface area contributed by atoms with Crippen LogP contribution in [0, 0.1) is 11.3 Å². The first kappa shape index (κ1) is 22.4. The summed E-state index contributed by atoms with van der Waals surface area (Å²) in [5, 5.41) is 15.8. The van der Waals surface area contributed by atoms with E-state index in [4.69, 9.17) is 4.74 Å². The van der Waals surface area contributed by atoms with E-state index in [0.717, 1.165) is 23.4 Å². The molecule has 7 heteroatoms. The number of thioether (sulfide) groups is 1. The van der Waals surface area contributed by atoms with Crippen LogP contribution in [0.3, 0.4) is 0 Å². The van der Waals surface area contributed by atoms with Crippen LogP contribution in [0.5, 0.6) is 5.75 Å². The number of hydrogen-bond donors (Lipinski definition) is 2. The first-order chi connectivity index (χ1) is 15.0. The Balaban J connectivity index is 1.70. The van der Waals surface area contributed by atoms with E-state index in [9.17, 15) is 14.9 Å². The summed E-state index contributed by atoms with van der Waals surface area (Å²) in [6, 6.07) is 17.3. The smallest absolute Gasteiger partial charge is 0.234 e. The van der Waals surface area contributed by atoms with Gasteiger partial charge in [-0.1, -0.05) is 43.0 Å². The molecular weight excluding hydrogens is 410 g/mol. The maximum atomic E-state index is 12.4. The molecule has 1 aliphatic rings. The Morgan fingerprint density at radius 2 is 1.90 bits per heavy atom. The lowest BCUT2D eigenvalue weighted by molar-refractivity contribution is -0.121. The molecule has 0 spiro atoms. The zero-order valence-corrected chi connectivity index (χ0v) is 18.4. The van der Waals surface area contributed by atoms with Gasteiger partial charge in [-0.15, -0.1) is 0 Å². The summed E-state index contributed by atoms with van der Waals surface area (Å²) >= 11 is 1.17. The van der Waals surface area contributed by atoms with E-state index >= 15 is 0 Å². The quantitative estimate of drug-likeness (QED) is 0.643. The van der Waals surface area contributed by atoms with Gasteiger partial charge in [0.15, 0.2) is 0 Å². The van der Waals surface area contributed by atoms with Crippen LogP contribution in [0.25, 0.3) is 0 Å². The molecule has 0 aliphatic carbocycles. The van der Waals surface area contributed by atoms with Crippen LogP contribution in [0.4, 0.5) is 5.69 Å². The van der Waals surface area contributed by atoms with Gasteiger partial charge >= 0.3 is 0 Å². The van der Waals surface area contributed by atoms with Crippen LogP contribution < -0.4 is 15.4 Å². The molecule has 0 fully saturated rings. The zero-order chi connectivity index (χ0) is 22.2. The van der Waals surface area contributed by atoms with E-state index in [-0.39, 0.29) is 29.9 Å². The van der Waals surface area contributed by atoms with Gasteiger partial charge in [0, 0.05) is 18.0 Å². The lowest BCUT2D eigenvalue weighted by atomic mass is 9.87. The molecule has 160 valence electrons. The summed E-state index contributed by atoms with van der Waals surface area (Å²) < 4.78 is 5.47. The predicted molar refractivity (Wildman–Crippen MR) is 123 cm³/mol. The summed E-state index contributed by atoms with van der Waals surface area (Å²) in [7, 11) is 0. The van der Waals surface area contributed by atoms with Crippen molar-refractivity contribution in [2.75, 3.05) is 17.7 Å². The van der Waals surface area contributed by atoms with E-state index in [1.807, 2.05) is 55.5 Å². The van der Waals surface area contributed by atoms with Crippen molar-refractivity contribution in [1.29, 1.82) is 5.26 Å². The molecule has 6 nitrogen and oxygen atoms in total. The van der Waals surface area contributed by atoms with Gasteiger partial charge in [-0.25, -0.2) is 0 Å². The number of nitrogens with zero attached hydrogens (tertiary/aromatic N) is 1. The number of ether oxygens (including phenoxy) is 1. The maximum Gasteiger partial charge on any atom is 0.234 e. The van der Waals surface area contributed by atoms with Crippen LogP contribution in [0.1, 0.15) is 37.3 Å². The molecule has 1 atom stereocenters. The van der Waals surface area contributed by atoms with Crippen molar-refractivity contribution in [3.05, 3.63) is 70.3 Å². The molecule has 3 rings (SSSR count). The van der Waals surface area contributed by atoms with Gasteiger partial charge in [0.2, 0.25) is 11.8 Å². The van der Waals surface area contributed by atoms with Crippen molar-refractivity contribution < 1.29 is 14.3 Å². The number of rotatable bonds is 8. The Kier molecular flexibility index (Phi) is 7.74. The van der Waals surface area contributed by atoms with Crippen LogP contribution in [-0.4, -0.2) is 24.2 Å². The summed E-state index contributed by atoms with van der Waals surface area (Å²) in [6.45, 7) is 4.56. The molecule has 2 aromatic carbocycles. The molecule has 2 aromatic rings. The van der Waals surface area contributed by atoms with Gasteiger partial charge in [-0.05, 0) is 48.7 Å². The van der Waals surface area contributed by atoms with Crippen LogP contribution in [0.15, 0.2) is 59.1 Å². The number of carbonyl (C=O) groups excluding carboxylic acids is 2. The average molecular weight is 436 g/mol. The molecular formula is C24H25N3O3S. The normalized spacial score (nSPS) is 15.8. The second-order valence-corrected chi connectivity index (χ2v) is 8.03. The van der Waals surface area contributed by atoms with Gasteiger partial charge < -0.3 is 15.4 Å². The molecule has 0 unspecified atom stereocenters. The number of hydrogen-bond acceptors (Lipinski definition) is 5. The molecule has 0 bridgehead atoms. The fourth-order valence-electron chi connectivity index (χ4n) is 3.34.